The molecule has 1 aliphatic carbocycles. The molecule has 0 aliphatic heterocycles. The molecule has 2 rings (SSSR count). The monoisotopic (exact) mass is 189 g/mol. The maximum atomic E-state index is 5.77. The van der Waals surface area contributed by atoms with Gasteiger partial charge in [0, 0.05) is 5.56 Å². The third-order valence-electron chi connectivity index (χ3n) is 1.70. The minimum absolute atomic E-state index is 0.396. The van der Waals surface area contributed by atoms with Gasteiger partial charge in [-0.05, 0) is 24.0 Å². The van der Waals surface area contributed by atoms with E-state index in [1.165, 1.54) is 0 Å². The molecule has 0 unspecified atom stereocenters. The highest BCUT2D eigenvalue weighted by Gasteiger charge is 2.29. The first-order valence-corrected chi connectivity index (χ1v) is 4.09. The summed E-state index contributed by atoms with van der Waals surface area (Å²) in [5.74, 6) is 0.470. The summed E-state index contributed by atoms with van der Waals surface area (Å²) >= 11 is 11.5. The van der Waals surface area contributed by atoms with Gasteiger partial charge < -0.3 is 0 Å². The summed E-state index contributed by atoms with van der Waals surface area (Å²) < 4.78 is 0. The largest absolute Gasteiger partial charge is 0.160 e. The van der Waals surface area contributed by atoms with Gasteiger partial charge in [0.25, 0.3) is 0 Å². The zero-order chi connectivity index (χ0) is 7.84. The molecule has 0 spiro atoms. The second-order valence-corrected chi connectivity index (χ2v) is 3.28. The van der Waals surface area contributed by atoms with E-state index in [9.17, 15) is 0 Å². The lowest BCUT2D eigenvalue weighted by Crippen LogP contribution is -1.94. The summed E-state index contributed by atoms with van der Waals surface area (Å²) in [6, 6.07) is 0. The number of nitrogens with zero attached hydrogens (tertiary/aromatic N) is 3. The van der Waals surface area contributed by atoms with Gasteiger partial charge in [0.15, 0.2) is 10.3 Å². The van der Waals surface area contributed by atoms with Crippen LogP contribution in [0.15, 0.2) is 0 Å². The fourth-order valence-electron chi connectivity index (χ4n) is 1.00. The third-order valence-corrected chi connectivity index (χ3v) is 2.25. The van der Waals surface area contributed by atoms with Crippen molar-refractivity contribution >= 4 is 23.2 Å². The zero-order valence-electron chi connectivity index (χ0n) is 5.59. The highest BCUT2D eigenvalue weighted by atomic mass is 35.5. The molecule has 1 aliphatic rings. The van der Waals surface area contributed by atoms with Crippen molar-refractivity contribution in [1.82, 2.24) is 15.4 Å². The van der Waals surface area contributed by atoms with Gasteiger partial charge in [-0.15, -0.1) is 10.2 Å². The van der Waals surface area contributed by atoms with Crippen LogP contribution in [0.3, 0.4) is 0 Å². The summed E-state index contributed by atoms with van der Waals surface area (Å²) in [5.41, 5.74) is 0.864. The Balaban J connectivity index is 2.48. The van der Waals surface area contributed by atoms with E-state index in [1.807, 2.05) is 0 Å². The lowest BCUT2D eigenvalue weighted by atomic mass is 10.2. The van der Waals surface area contributed by atoms with Crippen molar-refractivity contribution in [1.29, 1.82) is 0 Å². The maximum Gasteiger partial charge on any atom is 0.160 e. The van der Waals surface area contributed by atoms with Gasteiger partial charge in [-0.1, -0.05) is 23.2 Å². The van der Waals surface area contributed by atoms with Crippen LogP contribution in [0.1, 0.15) is 24.3 Å². The van der Waals surface area contributed by atoms with Crippen molar-refractivity contribution < 1.29 is 0 Å². The first kappa shape index (κ1) is 7.25. The molecule has 11 heavy (non-hydrogen) atoms. The summed E-state index contributed by atoms with van der Waals surface area (Å²) in [6.45, 7) is 0. The quantitative estimate of drug-likeness (QED) is 0.680. The first-order chi connectivity index (χ1) is 5.29. The van der Waals surface area contributed by atoms with Crippen molar-refractivity contribution in [2.24, 2.45) is 0 Å². The smallest absolute Gasteiger partial charge is 0.118 e. The molecular formula is C6H5Cl2N3. The summed E-state index contributed by atoms with van der Waals surface area (Å²) in [4.78, 5) is 0. The summed E-state index contributed by atoms with van der Waals surface area (Å²) in [6.07, 6.45) is 2.26. The average Bonchev–Trinajstić information content (AvgIpc) is 2.70. The van der Waals surface area contributed by atoms with Crippen LogP contribution in [-0.4, -0.2) is 15.4 Å². The van der Waals surface area contributed by atoms with Gasteiger partial charge in [-0.2, -0.15) is 0 Å². The Labute approximate surface area is 73.7 Å². The Kier molecular flexibility index (Phi) is 1.69. The lowest BCUT2D eigenvalue weighted by molar-refractivity contribution is 0.839. The van der Waals surface area contributed by atoms with Crippen LogP contribution >= 0.6 is 23.2 Å². The Bertz CT molecular complexity index is 265. The van der Waals surface area contributed by atoms with E-state index < -0.39 is 0 Å². The molecule has 58 valence electrons. The van der Waals surface area contributed by atoms with E-state index in [2.05, 4.69) is 15.4 Å². The number of halogens is 2. The maximum absolute atomic E-state index is 5.77. The van der Waals surface area contributed by atoms with Gasteiger partial charge in [0.1, 0.15) is 0 Å². The predicted octanol–water partition coefficient (Wildman–Crippen LogP) is 2.06. The normalized spacial score (nSPS) is 16.9. The number of hydrogen-bond acceptors (Lipinski definition) is 3. The molecule has 1 saturated carbocycles. The number of aromatic nitrogens is 3. The molecule has 3 nitrogen and oxygen atoms in total. The molecule has 1 aromatic heterocycles. The Hall–Kier alpha value is -0.410. The van der Waals surface area contributed by atoms with Crippen molar-refractivity contribution in [2.45, 2.75) is 18.8 Å². The molecule has 1 fully saturated rings. The van der Waals surface area contributed by atoms with E-state index in [0.717, 1.165) is 18.4 Å². The molecule has 0 aromatic carbocycles. The van der Waals surface area contributed by atoms with Crippen LogP contribution in [0.5, 0.6) is 0 Å². The van der Waals surface area contributed by atoms with Crippen LogP contribution < -0.4 is 0 Å². The standard InChI is InChI=1S/C6H5Cl2N3/c7-5-4(3-1-2-3)6(8)10-11-9-5/h3H,1-2H2. The highest BCUT2D eigenvalue weighted by molar-refractivity contribution is 6.34. The summed E-state index contributed by atoms with van der Waals surface area (Å²) in [7, 11) is 0. The molecule has 5 heteroatoms. The molecule has 0 bridgehead atoms. The van der Waals surface area contributed by atoms with Crippen molar-refractivity contribution in [3.8, 4) is 0 Å². The fourth-order valence-corrected chi connectivity index (χ4v) is 1.61. The van der Waals surface area contributed by atoms with Gasteiger partial charge in [-0.3, -0.25) is 0 Å². The molecule has 1 heterocycles. The molecular weight excluding hydrogens is 185 g/mol. The van der Waals surface area contributed by atoms with Crippen LogP contribution in [0, 0.1) is 0 Å². The van der Waals surface area contributed by atoms with E-state index in [4.69, 9.17) is 23.2 Å². The minimum Gasteiger partial charge on any atom is -0.118 e. The van der Waals surface area contributed by atoms with Gasteiger partial charge in [-0.25, -0.2) is 0 Å². The Morgan fingerprint density at radius 2 is 1.64 bits per heavy atom. The topological polar surface area (TPSA) is 38.7 Å². The number of hydrogen-bond donors (Lipinski definition) is 0. The molecule has 0 radical (unpaired) electrons. The van der Waals surface area contributed by atoms with Gasteiger partial charge >= 0.3 is 0 Å². The van der Waals surface area contributed by atoms with Crippen molar-refractivity contribution in [3.05, 3.63) is 15.9 Å². The molecule has 0 saturated heterocycles. The molecule has 0 atom stereocenters. The van der Waals surface area contributed by atoms with E-state index >= 15 is 0 Å². The van der Waals surface area contributed by atoms with Crippen LogP contribution in [0.2, 0.25) is 10.3 Å². The van der Waals surface area contributed by atoms with Crippen LogP contribution in [0.25, 0.3) is 0 Å². The fraction of sp³-hybridized carbons (Fsp3) is 0.500. The Morgan fingerprint density at radius 3 is 2.09 bits per heavy atom. The second kappa shape index (κ2) is 2.57. The van der Waals surface area contributed by atoms with E-state index in [1.54, 1.807) is 0 Å². The van der Waals surface area contributed by atoms with Crippen LogP contribution in [0.4, 0.5) is 0 Å². The highest BCUT2D eigenvalue weighted by Crippen LogP contribution is 2.44. The van der Waals surface area contributed by atoms with E-state index in [0.29, 0.717) is 16.2 Å². The van der Waals surface area contributed by atoms with Crippen molar-refractivity contribution in [3.63, 3.8) is 0 Å². The SMILES string of the molecule is Clc1nnnc(Cl)c1C1CC1. The lowest BCUT2D eigenvalue weighted by Gasteiger charge is -1.99. The molecule has 1 aromatic rings. The Morgan fingerprint density at radius 1 is 1.09 bits per heavy atom. The first-order valence-electron chi connectivity index (χ1n) is 3.33. The molecule has 0 amide bonds. The average molecular weight is 190 g/mol. The van der Waals surface area contributed by atoms with Crippen molar-refractivity contribution in [2.75, 3.05) is 0 Å². The number of rotatable bonds is 1. The zero-order valence-corrected chi connectivity index (χ0v) is 7.10. The third kappa shape index (κ3) is 1.30. The predicted molar refractivity (Wildman–Crippen MR) is 41.8 cm³/mol. The second-order valence-electron chi connectivity index (χ2n) is 2.56. The minimum atomic E-state index is 0.396. The molecule has 0 N–H and O–H groups in total. The summed E-state index contributed by atoms with van der Waals surface area (Å²) in [5, 5.41) is 11.4. The van der Waals surface area contributed by atoms with Gasteiger partial charge in [0.2, 0.25) is 0 Å². The van der Waals surface area contributed by atoms with Gasteiger partial charge in [0.05, 0.1) is 0 Å². The van der Waals surface area contributed by atoms with E-state index in [-0.39, 0.29) is 0 Å². The van der Waals surface area contributed by atoms with Crippen LogP contribution in [-0.2, 0) is 0 Å².